The molecule has 71 heavy (non-hydrogen) atoms. The van der Waals surface area contributed by atoms with Crippen molar-refractivity contribution in [3.8, 4) is 11.1 Å². The smallest absolute Gasteiger partial charge is 0.264 e. The Morgan fingerprint density at radius 1 is 0.408 bits per heavy atom. The molecule has 0 saturated carbocycles. The predicted molar refractivity (Wildman–Crippen MR) is 308 cm³/mol. The fourth-order valence-corrected chi connectivity index (χ4v) is 13.4. The highest BCUT2D eigenvalue weighted by Gasteiger charge is 2.49. The van der Waals surface area contributed by atoms with E-state index in [0.29, 0.717) is 0 Å². The fourth-order valence-electron chi connectivity index (χ4n) is 12.1. The summed E-state index contributed by atoms with van der Waals surface area (Å²) in [6.45, 7) is 28.1. The van der Waals surface area contributed by atoms with Gasteiger partial charge in [0.15, 0.2) is 0 Å². The third kappa shape index (κ3) is 6.95. The predicted octanol–water partition coefficient (Wildman–Crippen LogP) is 16.5. The zero-order chi connectivity index (χ0) is 49.6. The van der Waals surface area contributed by atoms with Gasteiger partial charge in [0.1, 0.15) is 0 Å². The summed E-state index contributed by atoms with van der Waals surface area (Å²) in [5.74, 6) is 0. The molecule has 1 aromatic heterocycles. The number of fused-ring (bicyclic) bond motifs is 9. The summed E-state index contributed by atoms with van der Waals surface area (Å²) >= 11 is 2.01. The van der Waals surface area contributed by atoms with Crippen LogP contribution in [0.1, 0.15) is 128 Å². The van der Waals surface area contributed by atoms with Crippen molar-refractivity contribution in [1.29, 1.82) is 0 Å². The van der Waals surface area contributed by atoms with Gasteiger partial charge in [-0.25, -0.2) is 0 Å². The van der Waals surface area contributed by atoms with Crippen molar-refractivity contribution in [2.45, 2.75) is 110 Å². The van der Waals surface area contributed by atoms with E-state index in [1.807, 2.05) is 11.3 Å². The number of hydrogen-bond donors (Lipinski definition) is 0. The minimum absolute atomic E-state index is 0.00375. The number of hydrogen-bond acceptors (Lipinski definition) is 3. The van der Waals surface area contributed by atoms with Crippen LogP contribution in [-0.4, -0.2) is 6.71 Å². The highest BCUT2D eigenvalue weighted by atomic mass is 32.1. The Labute approximate surface area is 427 Å². The molecule has 0 radical (unpaired) electrons. The lowest BCUT2D eigenvalue weighted by Gasteiger charge is -2.44. The van der Waals surface area contributed by atoms with Crippen LogP contribution in [0.25, 0.3) is 21.2 Å². The second-order valence-electron chi connectivity index (χ2n) is 24.6. The van der Waals surface area contributed by atoms with E-state index in [0.717, 1.165) is 0 Å². The van der Waals surface area contributed by atoms with Crippen molar-refractivity contribution in [1.82, 2.24) is 0 Å². The molecule has 352 valence electrons. The van der Waals surface area contributed by atoms with Crippen molar-refractivity contribution >= 4 is 78.0 Å². The third-order valence-corrected chi connectivity index (χ3v) is 17.2. The molecule has 0 amide bonds. The fraction of sp³-hybridized carbons (Fsp3) is 0.254. The van der Waals surface area contributed by atoms with E-state index < -0.39 is 5.41 Å². The summed E-state index contributed by atoms with van der Waals surface area (Å²) < 4.78 is 2.71. The molecule has 2 nitrogen and oxygen atoms in total. The molecule has 1 aliphatic carbocycles. The number of nitrogens with zero attached hydrogens (tertiary/aromatic N) is 2. The van der Waals surface area contributed by atoms with Crippen molar-refractivity contribution in [3.05, 3.63) is 220 Å². The van der Waals surface area contributed by atoms with Gasteiger partial charge in [0, 0.05) is 43.3 Å². The molecule has 12 rings (SSSR count). The van der Waals surface area contributed by atoms with Gasteiger partial charge in [-0.2, -0.15) is 0 Å². The molecule has 0 bridgehead atoms. The Bertz CT molecular complexity index is 3520. The van der Waals surface area contributed by atoms with Crippen LogP contribution in [0.15, 0.2) is 176 Å². The lowest BCUT2D eigenvalue weighted by molar-refractivity contribution is 0.589. The van der Waals surface area contributed by atoms with Crippen LogP contribution in [0.3, 0.4) is 0 Å². The van der Waals surface area contributed by atoms with Crippen LogP contribution in [0.5, 0.6) is 0 Å². The number of thiophene rings is 1. The van der Waals surface area contributed by atoms with E-state index in [9.17, 15) is 0 Å². The van der Waals surface area contributed by atoms with Crippen LogP contribution < -0.4 is 25.5 Å². The lowest BCUT2D eigenvalue weighted by atomic mass is 9.36. The highest BCUT2D eigenvalue weighted by molar-refractivity contribution is 7.33. The van der Waals surface area contributed by atoms with Crippen LogP contribution >= 0.6 is 11.3 Å². The van der Waals surface area contributed by atoms with Gasteiger partial charge in [-0.05, 0) is 143 Å². The average molecular weight is 941 g/mol. The molecule has 0 atom stereocenters. The highest BCUT2D eigenvalue weighted by Crippen LogP contribution is 2.59. The number of anilines is 6. The van der Waals surface area contributed by atoms with Gasteiger partial charge in [0.2, 0.25) is 0 Å². The van der Waals surface area contributed by atoms with E-state index in [4.69, 9.17) is 0 Å². The molecule has 0 N–H and O–H groups in total. The Morgan fingerprint density at radius 3 is 1.45 bits per heavy atom. The first-order valence-electron chi connectivity index (χ1n) is 25.7. The molecule has 2 aliphatic heterocycles. The van der Waals surface area contributed by atoms with Gasteiger partial charge in [-0.1, -0.05) is 204 Å². The van der Waals surface area contributed by atoms with Crippen molar-refractivity contribution in [2.24, 2.45) is 0 Å². The van der Waals surface area contributed by atoms with Gasteiger partial charge in [-0.15, -0.1) is 11.3 Å². The Balaban J connectivity index is 1.22. The monoisotopic (exact) mass is 940 g/mol. The standard InChI is InChI=1S/C67H65BN2S/c1-63(2,3)42-27-32-48(33-28-42)69-56-36-31-46(65(7,8)9)37-55(56)68-60-57(69)38-47(66(10,11)12)39-58(60)70(49-34-29-43(30-35-49)64(4,5)6)61-52-40-51-50-25-19-20-26-53(50)67(44-21-15-13-16-22-44,45-23-17-14-18-24-45)54(51)41-59(52)71-62(61)68/h13-41H,1-12H3. The largest absolute Gasteiger partial charge is 0.311 e. The minimum atomic E-state index is -0.491. The maximum atomic E-state index is 2.67. The van der Waals surface area contributed by atoms with Crippen molar-refractivity contribution < 1.29 is 0 Å². The quantitative estimate of drug-likeness (QED) is 0.162. The molecule has 0 saturated heterocycles. The maximum Gasteiger partial charge on any atom is 0.264 e. The zero-order valence-electron chi connectivity index (χ0n) is 43.6. The molecule has 0 spiro atoms. The van der Waals surface area contributed by atoms with Gasteiger partial charge >= 0.3 is 0 Å². The van der Waals surface area contributed by atoms with Gasteiger partial charge in [-0.3, -0.25) is 0 Å². The van der Waals surface area contributed by atoms with Crippen LogP contribution in [0, 0.1) is 0 Å². The van der Waals surface area contributed by atoms with E-state index in [1.54, 1.807) is 0 Å². The molecular weight excluding hydrogens is 876 g/mol. The van der Waals surface area contributed by atoms with Crippen molar-refractivity contribution in [2.75, 3.05) is 9.80 Å². The van der Waals surface area contributed by atoms with E-state index in [1.165, 1.54) is 116 Å². The van der Waals surface area contributed by atoms with Gasteiger partial charge in [0.25, 0.3) is 6.71 Å². The normalized spacial score (nSPS) is 14.8. The number of rotatable bonds is 4. The topological polar surface area (TPSA) is 6.48 Å². The van der Waals surface area contributed by atoms with E-state index >= 15 is 0 Å². The Hall–Kier alpha value is -6.62. The van der Waals surface area contributed by atoms with E-state index in [2.05, 4.69) is 269 Å². The Kier molecular flexibility index (Phi) is 10.1. The third-order valence-electron chi connectivity index (χ3n) is 16.0. The van der Waals surface area contributed by atoms with Crippen LogP contribution in [-0.2, 0) is 27.1 Å². The average Bonchev–Trinajstić information content (AvgIpc) is 3.85. The molecular formula is C67H65BN2S. The Morgan fingerprint density at radius 2 is 0.901 bits per heavy atom. The summed E-state index contributed by atoms with van der Waals surface area (Å²) in [5.41, 5.74) is 22.8. The molecule has 0 fully saturated rings. The summed E-state index contributed by atoms with van der Waals surface area (Å²) in [6.07, 6.45) is 0. The van der Waals surface area contributed by atoms with Crippen LogP contribution in [0.2, 0.25) is 0 Å². The lowest BCUT2D eigenvalue weighted by Crippen LogP contribution is -2.60. The maximum absolute atomic E-state index is 2.67. The molecule has 8 aromatic carbocycles. The molecule has 9 aromatic rings. The SMILES string of the molecule is CC(C)(C)c1ccc(N2c3ccc(C(C)(C)C)cc3B3c4sc5cc6c(cc5c4N(c4ccc(C(C)(C)C)cc4)c4cc(C(C)(C)C)cc2c43)-c2ccccc2C6(c2ccccc2)c2ccccc2)cc1. The van der Waals surface area contributed by atoms with Gasteiger partial charge < -0.3 is 9.80 Å². The van der Waals surface area contributed by atoms with Gasteiger partial charge in [0.05, 0.1) is 11.1 Å². The summed E-state index contributed by atoms with van der Waals surface area (Å²) in [4.78, 5) is 5.26. The van der Waals surface area contributed by atoms with Crippen molar-refractivity contribution in [3.63, 3.8) is 0 Å². The summed E-state index contributed by atoms with van der Waals surface area (Å²) in [7, 11) is 0. The molecule has 4 heteroatoms. The summed E-state index contributed by atoms with van der Waals surface area (Å²) in [5, 5.41) is 1.30. The zero-order valence-corrected chi connectivity index (χ0v) is 44.4. The second-order valence-corrected chi connectivity index (χ2v) is 25.7. The van der Waals surface area contributed by atoms with Crippen LogP contribution in [0.4, 0.5) is 34.1 Å². The first kappa shape index (κ1) is 45.5. The number of benzene rings is 8. The summed E-state index contributed by atoms with van der Waals surface area (Å²) in [6, 6.07) is 68.3. The first-order chi connectivity index (χ1) is 33.7. The molecule has 3 aliphatic rings. The first-order valence-corrected chi connectivity index (χ1v) is 26.5. The minimum Gasteiger partial charge on any atom is -0.311 e. The van der Waals surface area contributed by atoms with E-state index in [-0.39, 0.29) is 28.4 Å². The second kappa shape index (κ2) is 15.7. The molecule has 0 unspecified atom stereocenters. The molecule has 3 heterocycles.